The van der Waals surface area contributed by atoms with Crippen molar-refractivity contribution in [2.45, 2.75) is 44.4 Å². The zero-order chi connectivity index (χ0) is 21.6. The van der Waals surface area contributed by atoms with E-state index in [1.54, 1.807) is 25.2 Å². The van der Waals surface area contributed by atoms with E-state index in [1.165, 1.54) is 5.56 Å². The van der Waals surface area contributed by atoms with Crippen LogP contribution in [0.4, 0.5) is 0 Å². The van der Waals surface area contributed by atoms with Gasteiger partial charge >= 0.3 is 0 Å². The predicted molar refractivity (Wildman–Crippen MR) is 122 cm³/mol. The van der Waals surface area contributed by atoms with Gasteiger partial charge in [-0.25, -0.2) is 4.98 Å². The van der Waals surface area contributed by atoms with Crippen LogP contribution in [0.15, 0.2) is 48.5 Å². The summed E-state index contributed by atoms with van der Waals surface area (Å²) in [5, 5.41) is 10.7. The van der Waals surface area contributed by atoms with Crippen molar-refractivity contribution in [1.82, 2.24) is 14.8 Å². The van der Waals surface area contributed by atoms with Crippen molar-refractivity contribution in [3.05, 3.63) is 54.1 Å². The molecular formula is C24H27N3O3S. The van der Waals surface area contributed by atoms with E-state index >= 15 is 0 Å². The fourth-order valence-corrected chi connectivity index (χ4v) is 5.49. The summed E-state index contributed by atoms with van der Waals surface area (Å²) in [4.78, 5) is 21.3. The first kappa shape index (κ1) is 20.4. The molecule has 162 valence electrons. The first-order chi connectivity index (χ1) is 14.9. The lowest BCUT2D eigenvalue weighted by Gasteiger charge is -2.36. The monoisotopic (exact) mass is 437 g/mol. The Bertz CT molecular complexity index is 1070. The Morgan fingerprint density at radius 3 is 2.77 bits per heavy atom. The van der Waals surface area contributed by atoms with Crippen molar-refractivity contribution in [1.29, 1.82) is 0 Å². The quantitative estimate of drug-likeness (QED) is 0.637. The van der Waals surface area contributed by atoms with Gasteiger partial charge in [-0.2, -0.15) is 0 Å². The summed E-state index contributed by atoms with van der Waals surface area (Å²) in [6, 6.07) is 16.9. The molecule has 0 saturated carbocycles. The average Bonchev–Trinajstić information content (AvgIpc) is 3.44. The maximum atomic E-state index is 12.4. The molecule has 1 N–H and O–H groups in total. The molecule has 1 amide bonds. The van der Waals surface area contributed by atoms with Crippen LogP contribution in [0.25, 0.3) is 10.2 Å². The first-order valence-corrected chi connectivity index (χ1v) is 11.6. The van der Waals surface area contributed by atoms with Crippen LogP contribution in [0.3, 0.4) is 0 Å². The third kappa shape index (κ3) is 4.18. The number of benzene rings is 2. The van der Waals surface area contributed by atoms with E-state index in [2.05, 4.69) is 28.1 Å². The maximum Gasteiger partial charge on any atom is 0.279 e. The Labute approximate surface area is 186 Å². The van der Waals surface area contributed by atoms with Gasteiger partial charge in [0.1, 0.15) is 11.4 Å². The van der Waals surface area contributed by atoms with Crippen molar-refractivity contribution in [3.8, 4) is 10.9 Å². The van der Waals surface area contributed by atoms with E-state index in [9.17, 15) is 9.90 Å². The van der Waals surface area contributed by atoms with Crippen molar-refractivity contribution in [3.63, 3.8) is 0 Å². The first-order valence-electron chi connectivity index (χ1n) is 10.8. The Morgan fingerprint density at radius 2 is 2.03 bits per heavy atom. The summed E-state index contributed by atoms with van der Waals surface area (Å²) in [7, 11) is 0. The molecule has 2 aromatic carbocycles. The number of hydrogen-bond donors (Lipinski definition) is 1. The zero-order valence-corrected chi connectivity index (χ0v) is 18.6. The van der Waals surface area contributed by atoms with Gasteiger partial charge in [0.05, 0.1) is 10.2 Å². The summed E-state index contributed by atoms with van der Waals surface area (Å²) in [6.07, 6.45) is 1.93. The van der Waals surface area contributed by atoms with Gasteiger partial charge in [0.25, 0.3) is 11.1 Å². The number of rotatable bonds is 6. The van der Waals surface area contributed by atoms with Crippen molar-refractivity contribution in [2.24, 2.45) is 0 Å². The number of thiazole rings is 1. The van der Waals surface area contributed by atoms with E-state index in [0.29, 0.717) is 17.8 Å². The Morgan fingerprint density at radius 1 is 1.19 bits per heavy atom. The molecule has 3 heterocycles. The number of aromatic nitrogens is 1. The largest absolute Gasteiger partial charge is 0.431 e. The minimum absolute atomic E-state index is 0.153. The molecule has 1 aromatic heterocycles. The lowest BCUT2D eigenvalue weighted by atomic mass is 10.1. The highest BCUT2D eigenvalue weighted by Gasteiger charge is 2.47. The molecule has 0 spiro atoms. The van der Waals surface area contributed by atoms with Gasteiger partial charge in [0.2, 0.25) is 0 Å². The number of ether oxygens (including phenoxy) is 1. The molecule has 2 unspecified atom stereocenters. The topological polar surface area (TPSA) is 65.9 Å². The van der Waals surface area contributed by atoms with Crippen LogP contribution >= 0.6 is 11.3 Å². The molecule has 0 aliphatic carbocycles. The van der Waals surface area contributed by atoms with Gasteiger partial charge in [-0.15, -0.1) is 0 Å². The van der Waals surface area contributed by atoms with Crippen LogP contribution in [0.1, 0.15) is 25.8 Å². The van der Waals surface area contributed by atoms with Crippen molar-refractivity contribution < 1.29 is 14.6 Å². The number of nitrogens with zero attached hydrogens (tertiary/aromatic N) is 3. The molecule has 5 rings (SSSR count). The number of para-hydroxylation sites is 1. The second-order valence-corrected chi connectivity index (χ2v) is 9.99. The number of piperazine rings is 1. The van der Waals surface area contributed by atoms with Gasteiger partial charge in [0.15, 0.2) is 0 Å². The molecule has 2 fully saturated rings. The van der Waals surface area contributed by atoms with Crippen molar-refractivity contribution >= 4 is 27.5 Å². The number of carbonyl (C=O) groups excluding carboxylic acids is 1. The number of likely N-dealkylation sites (tertiary alicyclic amines) is 2. The van der Waals surface area contributed by atoms with Crippen LogP contribution in [-0.2, 0) is 11.2 Å². The molecular weight excluding hydrogens is 410 g/mol. The lowest BCUT2D eigenvalue weighted by molar-refractivity contribution is -0.150. The van der Waals surface area contributed by atoms with Gasteiger partial charge in [-0.1, -0.05) is 35.6 Å². The fraction of sp³-hybridized carbons (Fsp3) is 0.417. The van der Waals surface area contributed by atoms with Gasteiger partial charge in [-0.05, 0) is 56.5 Å². The number of carbonyl (C=O) groups is 1. The molecule has 6 nitrogen and oxygen atoms in total. The van der Waals surface area contributed by atoms with Gasteiger partial charge in [0, 0.05) is 31.7 Å². The second kappa shape index (κ2) is 7.89. The highest BCUT2D eigenvalue weighted by Crippen LogP contribution is 2.33. The van der Waals surface area contributed by atoms with Crippen LogP contribution < -0.4 is 4.74 Å². The van der Waals surface area contributed by atoms with Crippen LogP contribution in [0.5, 0.6) is 10.9 Å². The predicted octanol–water partition coefficient (Wildman–Crippen LogP) is 3.69. The standard InChI is InChI=1S/C24H27N3O3S/c1-24(2,29)22(28)27-15-17-13-18(27)14-26(17)11-10-16-6-5-7-19(12-16)30-23-25-20-8-3-4-9-21(20)31-23/h3-9,12,17-18,29H,10-11,13-15H2,1-2H3. The number of amides is 1. The van der Waals surface area contributed by atoms with Crippen LogP contribution in [-0.4, -0.2) is 63.1 Å². The second-order valence-electron chi connectivity index (χ2n) is 9.00. The molecule has 31 heavy (non-hydrogen) atoms. The summed E-state index contributed by atoms with van der Waals surface area (Å²) in [5.41, 5.74) is 0.893. The third-order valence-corrected chi connectivity index (χ3v) is 7.12. The molecule has 2 saturated heterocycles. The van der Waals surface area contributed by atoms with E-state index in [0.717, 1.165) is 41.9 Å². The highest BCUT2D eigenvalue weighted by molar-refractivity contribution is 7.20. The van der Waals surface area contributed by atoms with Crippen LogP contribution in [0, 0.1) is 0 Å². The third-order valence-electron chi connectivity index (χ3n) is 6.20. The lowest BCUT2D eigenvalue weighted by Crippen LogP contribution is -2.54. The number of aliphatic hydroxyl groups is 1. The molecule has 2 aliphatic heterocycles. The van der Waals surface area contributed by atoms with Crippen molar-refractivity contribution in [2.75, 3.05) is 19.6 Å². The van der Waals surface area contributed by atoms with Gasteiger partial charge in [-0.3, -0.25) is 9.69 Å². The Kier molecular flexibility index (Phi) is 5.20. The highest BCUT2D eigenvalue weighted by atomic mass is 32.1. The molecule has 2 bridgehead atoms. The van der Waals surface area contributed by atoms with Crippen LogP contribution in [0.2, 0.25) is 0 Å². The van der Waals surface area contributed by atoms with E-state index in [-0.39, 0.29) is 11.9 Å². The minimum Gasteiger partial charge on any atom is -0.431 e. The molecule has 7 heteroatoms. The molecule has 3 aromatic rings. The normalized spacial score (nSPS) is 21.2. The molecule has 2 atom stereocenters. The van der Waals surface area contributed by atoms with E-state index < -0.39 is 5.60 Å². The minimum atomic E-state index is -1.29. The fourth-order valence-electron chi connectivity index (χ4n) is 4.66. The van der Waals surface area contributed by atoms with E-state index in [4.69, 9.17) is 4.74 Å². The Balaban J connectivity index is 1.18. The number of hydrogen-bond acceptors (Lipinski definition) is 6. The molecule has 2 aliphatic rings. The van der Waals surface area contributed by atoms with E-state index in [1.807, 2.05) is 35.2 Å². The summed E-state index contributed by atoms with van der Waals surface area (Å²) in [5.74, 6) is 0.654. The zero-order valence-electron chi connectivity index (χ0n) is 17.8. The Hall–Kier alpha value is -2.48. The number of fused-ring (bicyclic) bond motifs is 3. The molecule has 0 radical (unpaired) electrons. The van der Waals surface area contributed by atoms with Gasteiger partial charge < -0.3 is 14.7 Å². The summed E-state index contributed by atoms with van der Waals surface area (Å²) < 4.78 is 7.14. The summed E-state index contributed by atoms with van der Waals surface area (Å²) in [6.45, 7) is 5.70. The smallest absolute Gasteiger partial charge is 0.279 e. The maximum absolute atomic E-state index is 12.4. The SMILES string of the molecule is CC(C)(O)C(=O)N1CC2CC1CN2CCc1cccc(Oc2nc3ccccc3s2)c1. The summed E-state index contributed by atoms with van der Waals surface area (Å²) >= 11 is 1.55. The average molecular weight is 438 g/mol.